The van der Waals surface area contributed by atoms with Crippen LogP contribution >= 0.6 is 23.8 Å². The standard InChI is InChI=1S/C17H24ClN3O4S/c1-10(2)25-15-13(18)7-11(8-14(15)23-3)16(22)20-21-17(26)19-9-12-5-4-6-24-12/h7-8,10,12H,4-6,9H2,1-3H3,(H,20,22)(H2,19,21,26). The number of carbonyl (C=O) groups is 1. The lowest BCUT2D eigenvalue weighted by molar-refractivity contribution is 0.0942. The van der Waals surface area contributed by atoms with Crippen molar-refractivity contribution in [3.05, 3.63) is 22.7 Å². The van der Waals surface area contributed by atoms with Crippen molar-refractivity contribution in [2.24, 2.45) is 0 Å². The molecule has 26 heavy (non-hydrogen) atoms. The molecule has 0 radical (unpaired) electrons. The molecular weight excluding hydrogens is 378 g/mol. The minimum atomic E-state index is -0.400. The summed E-state index contributed by atoms with van der Waals surface area (Å²) in [7, 11) is 1.49. The molecule has 1 aliphatic heterocycles. The lowest BCUT2D eigenvalue weighted by Gasteiger charge is -2.17. The number of hydrogen-bond donors (Lipinski definition) is 3. The Hall–Kier alpha value is -1.77. The number of rotatable bonds is 6. The van der Waals surface area contributed by atoms with E-state index >= 15 is 0 Å². The van der Waals surface area contributed by atoms with Crippen molar-refractivity contribution in [3.8, 4) is 11.5 Å². The van der Waals surface area contributed by atoms with Crippen LogP contribution in [-0.2, 0) is 4.74 Å². The summed E-state index contributed by atoms with van der Waals surface area (Å²) in [4.78, 5) is 12.3. The summed E-state index contributed by atoms with van der Waals surface area (Å²) in [5.74, 6) is 0.389. The maximum atomic E-state index is 12.3. The summed E-state index contributed by atoms with van der Waals surface area (Å²) in [6, 6.07) is 3.07. The van der Waals surface area contributed by atoms with Crippen LogP contribution in [0.3, 0.4) is 0 Å². The first kappa shape index (κ1) is 20.5. The van der Waals surface area contributed by atoms with Gasteiger partial charge in [0.1, 0.15) is 0 Å². The molecule has 0 aromatic heterocycles. The van der Waals surface area contributed by atoms with Crippen molar-refractivity contribution in [1.29, 1.82) is 0 Å². The monoisotopic (exact) mass is 401 g/mol. The van der Waals surface area contributed by atoms with Crippen molar-refractivity contribution >= 4 is 34.8 Å². The second-order valence-corrected chi connectivity index (χ2v) is 6.90. The number of carbonyl (C=O) groups excluding carboxylic acids is 1. The molecule has 1 atom stereocenters. The first-order valence-corrected chi connectivity index (χ1v) is 9.19. The number of amides is 1. The summed E-state index contributed by atoms with van der Waals surface area (Å²) in [5, 5.41) is 3.61. The van der Waals surface area contributed by atoms with Gasteiger partial charge in [-0.15, -0.1) is 0 Å². The average molecular weight is 402 g/mol. The Balaban J connectivity index is 1.91. The number of methoxy groups -OCH3 is 1. The molecule has 1 aliphatic rings. The van der Waals surface area contributed by atoms with E-state index in [0.29, 0.717) is 33.7 Å². The van der Waals surface area contributed by atoms with Crippen molar-refractivity contribution in [1.82, 2.24) is 16.2 Å². The van der Waals surface area contributed by atoms with Crippen LogP contribution in [0.15, 0.2) is 12.1 Å². The summed E-state index contributed by atoms with van der Waals surface area (Å²) in [5.41, 5.74) is 5.50. The molecule has 1 saturated heterocycles. The molecule has 2 rings (SSSR count). The van der Waals surface area contributed by atoms with E-state index in [1.54, 1.807) is 6.07 Å². The zero-order valence-corrected chi connectivity index (χ0v) is 16.6. The maximum absolute atomic E-state index is 12.3. The number of benzene rings is 1. The highest BCUT2D eigenvalue weighted by Gasteiger charge is 2.18. The predicted octanol–water partition coefficient (Wildman–Crippen LogP) is 2.42. The fraction of sp³-hybridized carbons (Fsp3) is 0.529. The third-order valence-corrected chi connectivity index (χ3v) is 4.18. The molecule has 7 nitrogen and oxygen atoms in total. The maximum Gasteiger partial charge on any atom is 0.269 e. The average Bonchev–Trinajstić information content (AvgIpc) is 3.12. The van der Waals surface area contributed by atoms with Gasteiger partial charge in [0.15, 0.2) is 16.6 Å². The molecule has 3 N–H and O–H groups in total. The van der Waals surface area contributed by atoms with Crippen LogP contribution in [0, 0.1) is 0 Å². The van der Waals surface area contributed by atoms with Gasteiger partial charge in [-0.25, -0.2) is 0 Å². The molecular formula is C17H24ClN3O4S. The van der Waals surface area contributed by atoms with Gasteiger partial charge in [0.2, 0.25) is 0 Å². The quantitative estimate of drug-likeness (QED) is 0.499. The van der Waals surface area contributed by atoms with E-state index in [0.717, 1.165) is 19.4 Å². The van der Waals surface area contributed by atoms with Gasteiger partial charge in [0.05, 0.1) is 24.3 Å². The van der Waals surface area contributed by atoms with Gasteiger partial charge in [-0.3, -0.25) is 15.6 Å². The van der Waals surface area contributed by atoms with Crippen molar-refractivity contribution < 1.29 is 19.0 Å². The summed E-state index contributed by atoms with van der Waals surface area (Å²) in [6.45, 7) is 5.14. The smallest absolute Gasteiger partial charge is 0.269 e. The van der Waals surface area contributed by atoms with Gasteiger partial charge in [0.25, 0.3) is 5.91 Å². The van der Waals surface area contributed by atoms with E-state index < -0.39 is 5.91 Å². The van der Waals surface area contributed by atoms with Crippen molar-refractivity contribution in [2.75, 3.05) is 20.3 Å². The highest BCUT2D eigenvalue weighted by Crippen LogP contribution is 2.37. The lowest BCUT2D eigenvalue weighted by Crippen LogP contribution is -2.48. The fourth-order valence-electron chi connectivity index (χ4n) is 2.44. The molecule has 1 heterocycles. The second-order valence-electron chi connectivity index (χ2n) is 6.08. The van der Waals surface area contributed by atoms with Crippen LogP contribution in [0.2, 0.25) is 5.02 Å². The molecule has 1 aromatic rings. The van der Waals surface area contributed by atoms with Crippen LogP contribution in [0.1, 0.15) is 37.0 Å². The number of nitrogens with one attached hydrogen (secondary N) is 3. The molecule has 0 saturated carbocycles. The van der Waals surface area contributed by atoms with Gasteiger partial charge in [0, 0.05) is 18.7 Å². The third kappa shape index (κ3) is 5.89. The minimum Gasteiger partial charge on any atom is -0.493 e. The van der Waals surface area contributed by atoms with Gasteiger partial charge < -0.3 is 19.5 Å². The Morgan fingerprint density at radius 3 is 2.81 bits per heavy atom. The zero-order valence-electron chi connectivity index (χ0n) is 15.1. The Bertz CT molecular complexity index is 651. The van der Waals surface area contributed by atoms with E-state index in [1.165, 1.54) is 13.2 Å². The lowest BCUT2D eigenvalue weighted by atomic mass is 10.2. The minimum absolute atomic E-state index is 0.0740. The molecule has 1 amide bonds. The summed E-state index contributed by atoms with van der Waals surface area (Å²) in [6.07, 6.45) is 2.14. The Kier molecular flexibility index (Phi) is 7.74. The molecule has 9 heteroatoms. The first-order valence-electron chi connectivity index (χ1n) is 8.40. The van der Waals surface area contributed by atoms with Gasteiger partial charge in [-0.2, -0.15) is 0 Å². The second kappa shape index (κ2) is 9.80. The summed E-state index contributed by atoms with van der Waals surface area (Å²) >= 11 is 11.4. The van der Waals surface area contributed by atoms with E-state index in [-0.39, 0.29) is 12.2 Å². The third-order valence-electron chi connectivity index (χ3n) is 3.65. The van der Waals surface area contributed by atoms with Gasteiger partial charge in [-0.1, -0.05) is 11.6 Å². The Labute approximate surface area is 163 Å². The largest absolute Gasteiger partial charge is 0.493 e. The number of hydrazine groups is 1. The van der Waals surface area contributed by atoms with Crippen molar-refractivity contribution in [2.45, 2.75) is 38.9 Å². The Morgan fingerprint density at radius 2 is 2.19 bits per heavy atom. The normalized spacial score (nSPS) is 16.3. The topological polar surface area (TPSA) is 80.9 Å². The van der Waals surface area contributed by atoms with E-state index in [1.807, 2.05) is 13.8 Å². The fourth-order valence-corrected chi connectivity index (χ4v) is 2.83. The highest BCUT2D eigenvalue weighted by molar-refractivity contribution is 7.80. The number of hydrogen-bond acceptors (Lipinski definition) is 5. The number of ether oxygens (including phenoxy) is 3. The Morgan fingerprint density at radius 1 is 1.42 bits per heavy atom. The molecule has 1 unspecified atom stereocenters. The molecule has 0 spiro atoms. The molecule has 144 valence electrons. The zero-order chi connectivity index (χ0) is 19.1. The van der Waals surface area contributed by atoms with Crippen LogP contribution in [0.5, 0.6) is 11.5 Å². The van der Waals surface area contributed by atoms with E-state index in [9.17, 15) is 4.79 Å². The van der Waals surface area contributed by atoms with Gasteiger partial charge in [-0.05, 0) is 51.0 Å². The SMILES string of the molecule is COc1cc(C(=O)NNC(=S)NCC2CCCO2)cc(Cl)c1OC(C)C. The van der Waals surface area contributed by atoms with Crippen LogP contribution in [0.4, 0.5) is 0 Å². The predicted molar refractivity (Wildman–Crippen MR) is 104 cm³/mol. The molecule has 1 fully saturated rings. The van der Waals surface area contributed by atoms with E-state index in [2.05, 4.69) is 16.2 Å². The van der Waals surface area contributed by atoms with Crippen LogP contribution in [-0.4, -0.2) is 43.5 Å². The summed E-state index contributed by atoms with van der Waals surface area (Å²) < 4.78 is 16.4. The number of thiocarbonyl (C=S) groups is 1. The van der Waals surface area contributed by atoms with E-state index in [4.69, 9.17) is 38.0 Å². The molecule has 0 bridgehead atoms. The molecule has 0 aliphatic carbocycles. The highest BCUT2D eigenvalue weighted by atomic mass is 35.5. The van der Waals surface area contributed by atoms with Crippen LogP contribution < -0.4 is 25.6 Å². The van der Waals surface area contributed by atoms with Crippen molar-refractivity contribution in [3.63, 3.8) is 0 Å². The van der Waals surface area contributed by atoms with Crippen LogP contribution in [0.25, 0.3) is 0 Å². The first-order chi connectivity index (χ1) is 12.4. The van der Waals surface area contributed by atoms with Gasteiger partial charge >= 0.3 is 0 Å². The molecule has 1 aromatic carbocycles. The number of halogens is 1.